The third kappa shape index (κ3) is 2.92. The summed E-state index contributed by atoms with van der Waals surface area (Å²) in [5.41, 5.74) is 3.30. The van der Waals surface area contributed by atoms with Gasteiger partial charge >= 0.3 is 0 Å². The van der Waals surface area contributed by atoms with Crippen molar-refractivity contribution in [1.82, 2.24) is 14.9 Å². The predicted molar refractivity (Wildman–Crippen MR) is 102 cm³/mol. The van der Waals surface area contributed by atoms with Crippen LogP contribution in [0.2, 0.25) is 0 Å². The maximum atomic E-state index is 13.7. The number of piperidine rings is 1. The molecule has 0 bridgehead atoms. The van der Waals surface area contributed by atoms with Gasteiger partial charge in [0.15, 0.2) is 0 Å². The van der Waals surface area contributed by atoms with Gasteiger partial charge in [-0.25, -0.2) is 9.37 Å². The van der Waals surface area contributed by atoms with Crippen LogP contribution in [-0.2, 0) is 0 Å². The second-order valence-electron chi connectivity index (χ2n) is 7.08. The van der Waals surface area contributed by atoms with Crippen LogP contribution in [0.4, 0.5) is 4.39 Å². The lowest BCUT2D eigenvalue weighted by molar-refractivity contribution is 0.0714. The molecule has 0 atom stereocenters. The molecule has 0 aliphatic carbocycles. The molecule has 4 nitrogen and oxygen atoms in total. The molecule has 0 saturated carbocycles. The van der Waals surface area contributed by atoms with Gasteiger partial charge in [-0.1, -0.05) is 0 Å². The number of carbonyl (C=O) groups is 1. The molecule has 4 rings (SSSR count). The van der Waals surface area contributed by atoms with Crippen LogP contribution in [0.5, 0.6) is 0 Å². The monoisotopic (exact) mass is 371 g/mol. The van der Waals surface area contributed by atoms with E-state index in [2.05, 4.69) is 16.9 Å². The first kappa shape index (κ1) is 17.2. The average molecular weight is 371 g/mol. The highest BCUT2D eigenvalue weighted by Gasteiger charge is 2.28. The summed E-state index contributed by atoms with van der Waals surface area (Å²) < 4.78 is 13.7. The van der Waals surface area contributed by atoms with Crippen LogP contribution in [-0.4, -0.2) is 33.9 Å². The third-order valence-electron chi connectivity index (χ3n) is 5.34. The number of fused-ring (bicyclic) bond motifs is 1. The SMILES string of the molecule is Cc1nc(C2CCN(C(=O)c3c(C)[nH]c4ccc(F)cc34)CC2)sc1C. The Bertz CT molecular complexity index is 963. The standard InChI is InChI=1S/C20H22FN3OS/c1-11-13(3)26-19(23-11)14-6-8-24(9-7-14)20(25)18-12(2)22-17-5-4-15(21)10-16(17)18/h4-5,10,14,22H,6-9H2,1-3H3. The van der Waals surface area contributed by atoms with E-state index >= 15 is 0 Å². The zero-order valence-electron chi connectivity index (χ0n) is 15.2. The van der Waals surface area contributed by atoms with E-state index in [1.807, 2.05) is 18.7 Å². The minimum Gasteiger partial charge on any atom is -0.358 e. The molecule has 1 fully saturated rings. The molecule has 0 radical (unpaired) electrons. The van der Waals surface area contributed by atoms with Gasteiger partial charge in [0.05, 0.1) is 16.3 Å². The van der Waals surface area contributed by atoms with Crippen LogP contribution < -0.4 is 0 Å². The first-order valence-corrected chi connectivity index (χ1v) is 9.76. The molecule has 2 aromatic heterocycles. The van der Waals surface area contributed by atoms with Crippen LogP contribution in [0.25, 0.3) is 10.9 Å². The molecule has 1 N–H and O–H groups in total. The first-order chi connectivity index (χ1) is 12.4. The quantitative estimate of drug-likeness (QED) is 0.709. The molecule has 1 amide bonds. The van der Waals surface area contributed by atoms with E-state index in [0.717, 1.165) is 29.7 Å². The second kappa shape index (κ2) is 6.50. The van der Waals surface area contributed by atoms with Gasteiger partial charge in [-0.2, -0.15) is 0 Å². The molecule has 1 saturated heterocycles. The summed E-state index contributed by atoms with van der Waals surface area (Å²) in [6.45, 7) is 7.45. The molecular formula is C20H22FN3OS. The van der Waals surface area contributed by atoms with E-state index < -0.39 is 0 Å². The van der Waals surface area contributed by atoms with Crippen molar-refractivity contribution in [2.24, 2.45) is 0 Å². The van der Waals surface area contributed by atoms with Crippen molar-refractivity contribution in [2.45, 2.75) is 39.5 Å². The number of aromatic amines is 1. The van der Waals surface area contributed by atoms with Crippen molar-refractivity contribution in [3.05, 3.63) is 50.9 Å². The number of nitrogens with one attached hydrogen (secondary N) is 1. The molecule has 3 heterocycles. The Morgan fingerprint density at radius 1 is 1.27 bits per heavy atom. The Morgan fingerprint density at radius 2 is 2.00 bits per heavy atom. The summed E-state index contributed by atoms with van der Waals surface area (Å²) in [4.78, 5) is 24.1. The van der Waals surface area contributed by atoms with Gasteiger partial charge in [0.25, 0.3) is 5.91 Å². The van der Waals surface area contributed by atoms with Crippen LogP contribution in [0.1, 0.15) is 50.4 Å². The number of hydrogen-bond donors (Lipinski definition) is 1. The Kier molecular flexibility index (Phi) is 4.31. The first-order valence-electron chi connectivity index (χ1n) is 8.95. The Balaban J connectivity index is 1.54. The van der Waals surface area contributed by atoms with E-state index in [0.29, 0.717) is 30.0 Å². The molecule has 136 valence electrons. The summed E-state index contributed by atoms with van der Waals surface area (Å²) >= 11 is 1.77. The number of benzene rings is 1. The van der Waals surface area contributed by atoms with Gasteiger partial charge in [-0.15, -0.1) is 11.3 Å². The van der Waals surface area contributed by atoms with Crippen molar-refractivity contribution in [1.29, 1.82) is 0 Å². The Labute approximate surface area is 156 Å². The minimum absolute atomic E-state index is 0.00991. The molecule has 0 spiro atoms. The summed E-state index contributed by atoms with van der Waals surface area (Å²) in [6, 6.07) is 4.55. The molecule has 1 aliphatic rings. The number of rotatable bonds is 2. The van der Waals surface area contributed by atoms with Gasteiger partial charge in [-0.05, 0) is 51.8 Å². The van der Waals surface area contributed by atoms with E-state index in [9.17, 15) is 9.18 Å². The number of halogens is 1. The van der Waals surface area contributed by atoms with Crippen LogP contribution >= 0.6 is 11.3 Å². The minimum atomic E-state index is -0.321. The molecule has 6 heteroatoms. The lowest BCUT2D eigenvalue weighted by atomic mass is 9.96. The highest BCUT2D eigenvalue weighted by atomic mass is 32.1. The number of carbonyl (C=O) groups excluding carboxylic acids is 1. The van der Waals surface area contributed by atoms with Gasteiger partial charge in [-0.3, -0.25) is 4.79 Å². The lowest BCUT2D eigenvalue weighted by Crippen LogP contribution is -2.38. The average Bonchev–Trinajstić information content (AvgIpc) is 3.13. The fourth-order valence-electron chi connectivity index (χ4n) is 3.73. The predicted octanol–water partition coefficient (Wildman–Crippen LogP) is 4.71. The summed E-state index contributed by atoms with van der Waals surface area (Å²) in [5, 5.41) is 1.86. The number of likely N-dealkylation sites (tertiary alicyclic amines) is 1. The zero-order chi connectivity index (χ0) is 18.4. The van der Waals surface area contributed by atoms with Crippen molar-refractivity contribution >= 4 is 28.1 Å². The number of aryl methyl sites for hydroxylation is 3. The molecular weight excluding hydrogens is 349 g/mol. The summed E-state index contributed by atoms with van der Waals surface area (Å²) in [6.07, 6.45) is 1.85. The van der Waals surface area contributed by atoms with Crippen molar-refractivity contribution in [2.75, 3.05) is 13.1 Å². The van der Waals surface area contributed by atoms with Gasteiger partial charge < -0.3 is 9.88 Å². The number of aromatic nitrogens is 2. The Morgan fingerprint density at radius 3 is 2.65 bits per heavy atom. The lowest BCUT2D eigenvalue weighted by Gasteiger charge is -2.31. The topological polar surface area (TPSA) is 49.0 Å². The van der Waals surface area contributed by atoms with Crippen molar-refractivity contribution in [3.63, 3.8) is 0 Å². The van der Waals surface area contributed by atoms with E-state index in [-0.39, 0.29) is 11.7 Å². The van der Waals surface area contributed by atoms with E-state index in [4.69, 9.17) is 0 Å². The van der Waals surface area contributed by atoms with Gasteiger partial charge in [0, 0.05) is 40.5 Å². The normalized spacial score (nSPS) is 15.8. The maximum Gasteiger partial charge on any atom is 0.256 e. The largest absolute Gasteiger partial charge is 0.358 e. The highest BCUT2D eigenvalue weighted by Crippen LogP contribution is 2.33. The summed E-state index contributed by atoms with van der Waals surface area (Å²) in [7, 11) is 0. The molecule has 3 aromatic rings. The molecule has 1 aliphatic heterocycles. The number of amides is 1. The van der Waals surface area contributed by atoms with E-state index in [1.165, 1.54) is 22.0 Å². The van der Waals surface area contributed by atoms with Crippen LogP contribution in [0, 0.1) is 26.6 Å². The second-order valence-corrected chi connectivity index (χ2v) is 8.31. The fourth-order valence-corrected chi connectivity index (χ4v) is 4.83. The van der Waals surface area contributed by atoms with Crippen LogP contribution in [0.3, 0.4) is 0 Å². The molecule has 0 unspecified atom stereocenters. The number of hydrogen-bond acceptors (Lipinski definition) is 3. The summed E-state index contributed by atoms with van der Waals surface area (Å²) in [5.74, 6) is 0.0982. The fraction of sp³-hybridized carbons (Fsp3) is 0.400. The highest BCUT2D eigenvalue weighted by molar-refractivity contribution is 7.11. The van der Waals surface area contributed by atoms with Gasteiger partial charge in [0.2, 0.25) is 0 Å². The number of thiazole rings is 1. The molecule has 26 heavy (non-hydrogen) atoms. The van der Waals surface area contributed by atoms with Gasteiger partial charge in [0.1, 0.15) is 5.82 Å². The third-order valence-corrected chi connectivity index (χ3v) is 6.57. The number of H-pyrrole nitrogens is 1. The maximum absolute atomic E-state index is 13.7. The molecule has 1 aromatic carbocycles. The smallest absolute Gasteiger partial charge is 0.256 e. The van der Waals surface area contributed by atoms with Crippen molar-refractivity contribution < 1.29 is 9.18 Å². The van der Waals surface area contributed by atoms with Crippen molar-refractivity contribution in [3.8, 4) is 0 Å². The van der Waals surface area contributed by atoms with Crippen LogP contribution in [0.15, 0.2) is 18.2 Å². The Hall–Kier alpha value is -2.21. The van der Waals surface area contributed by atoms with E-state index in [1.54, 1.807) is 17.4 Å². The zero-order valence-corrected chi connectivity index (χ0v) is 16.0. The number of nitrogens with zero attached hydrogens (tertiary/aromatic N) is 2.